The van der Waals surface area contributed by atoms with Gasteiger partial charge >= 0.3 is 5.97 Å². The quantitative estimate of drug-likeness (QED) is 0.406. The molecule has 0 bridgehead atoms. The lowest BCUT2D eigenvalue weighted by molar-refractivity contribution is 0.0500. The minimum absolute atomic E-state index is 0.102. The Bertz CT molecular complexity index is 1160. The molecular formula is C22H25NO6S. The van der Waals surface area contributed by atoms with Gasteiger partial charge in [-0.2, -0.15) is 0 Å². The van der Waals surface area contributed by atoms with E-state index in [1.54, 1.807) is 38.1 Å². The maximum absolute atomic E-state index is 12.8. The second-order valence-electron chi connectivity index (χ2n) is 6.97. The molecule has 2 aromatic carbocycles. The molecule has 0 saturated heterocycles. The molecule has 0 fully saturated rings. The Hall–Kier alpha value is -3.00. The number of benzene rings is 2. The zero-order chi connectivity index (χ0) is 21.9. The Morgan fingerprint density at radius 1 is 1.13 bits per heavy atom. The summed E-state index contributed by atoms with van der Waals surface area (Å²) in [7, 11) is -2.31. The summed E-state index contributed by atoms with van der Waals surface area (Å²) in [4.78, 5) is 12.6. The van der Waals surface area contributed by atoms with E-state index in [2.05, 4.69) is 4.72 Å². The summed E-state index contributed by atoms with van der Waals surface area (Å²) in [6.45, 7) is 5.79. The highest BCUT2D eigenvalue weighted by Gasteiger charge is 2.22. The van der Waals surface area contributed by atoms with E-state index in [4.69, 9.17) is 13.9 Å². The number of rotatable bonds is 8. The molecule has 0 radical (unpaired) electrons. The molecule has 1 heterocycles. The van der Waals surface area contributed by atoms with Crippen LogP contribution in [0.4, 0.5) is 5.69 Å². The number of methoxy groups -OCH3 is 1. The van der Waals surface area contributed by atoms with Crippen LogP contribution in [0.2, 0.25) is 0 Å². The number of nitrogens with one attached hydrogen (secondary N) is 1. The van der Waals surface area contributed by atoms with Crippen molar-refractivity contribution in [2.24, 2.45) is 0 Å². The van der Waals surface area contributed by atoms with E-state index in [9.17, 15) is 13.2 Å². The number of esters is 1. The molecule has 0 atom stereocenters. The van der Waals surface area contributed by atoms with Crippen LogP contribution in [-0.4, -0.2) is 28.1 Å². The summed E-state index contributed by atoms with van der Waals surface area (Å²) in [5, 5.41) is 0.507. The molecule has 30 heavy (non-hydrogen) atoms. The van der Waals surface area contributed by atoms with Gasteiger partial charge in [-0.3, -0.25) is 4.72 Å². The number of carbonyl (C=O) groups is 1. The summed E-state index contributed by atoms with van der Waals surface area (Å²) in [5.41, 5.74) is 1.84. The Morgan fingerprint density at radius 3 is 2.47 bits per heavy atom. The fourth-order valence-electron chi connectivity index (χ4n) is 3.07. The number of hydrogen-bond acceptors (Lipinski definition) is 6. The van der Waals surface area contributed by atoms with E-state index in [0.29, 0.717) is 45.9 Å². The number of aryl methyl sites for hydroxylation is 2. The zero-order valence-corrected chi connectivity index (χ0v) is 18.3. The Balaban J connectivity index is 1.96. The van der Waals surface area contributed by atoms with Crippen molar-refractivity contribution >= 4 is 32.6 Å². The van der Waals surface area contributed by atoms with Crippen LogP contribution in [0.25, 0.3) is 11.0 Å². The minimum atomic E-state index is -3.83. The smallest absolute Gasteiger partial charge is 0.342 e. The molecule has 0 aliphatic heterocycles. The van der Waals surface area contributed by atoms with Crippen LogP contribution >= 0.6 is 0 Å². The molecule has 0 aliphatic rings. The van der Waals surface area contributed by atoms with Gasteiger partial charge in [0.1, 0.15) is 22.7 Å². The number of anilines is 1. The van der Waals surface area contributed by atoms with E-state index in [1.807, 2.05) is 6.92 Å². The minimum Gasteiger partial charge on any atom is -0.497 e. The molecule has 7 nitrogen and oxygen atoms in total. The fraction of sp³-hybridized carbons (Fsp3) is 0.318. The van der Waals surface area contributed by atoms with Gasteiger partial charge in [-0.1, -0.05) is 13.3 Å². The highest BCUT2D eigenvalue weighted by molar-refractivity contribution is 7.92. The monoisotopic (exact) mass is 431 g/mol. The fourth-order valence-corrected chi connectivity index (χ4v) is 4.19. The van der Waals surface area contributed by atoms with Crippen LogP contribution < -0.4 is 9.46 Å². The van der Waals surface area contributed by atoms with E-state index in [-0.39, 0.29) is 4.90 Å². The third-order valence-electron chi connectivity index (χ3n) is 4.76. The van der Waals surface area contributed by atoms with Gasteiger partial charge in [-0.05, 0) is 62.2 Å². The summed E-state index contributed by atoms with van der Waals surface area (Å²) in [6.07, 6.45) is 1.68. The van der Waals surface area contributed by atoms with Crippen molar-refractivity contribution in [2.45, 2.75) is 38.5 Å². The van der Waals surface area contributed by atoms with E-state index >= 15 is 0 Å². The Labute approximate surface area is 176 Å². The summed E-state index contributed by atoms with van der Waals surface area (Å²) >= 11 is 0. The predicted octanol–water partition coefficient (Wildman–Crippen LogP) is 4.82. The van der Waals surface area contributed by atoms with E-state index < -0.39 is 16.0 Å². The van der Waals surface area contributed by atoms with Gasteiger partial charge in [0.2, 0.25) is 0 Å². The summed E-state index contributed by atoms with van der Waals surface area (Å²) in [6, 6.07) is 9.40. The molecular weight excluding hydrogens is 406 g/mol. The van der Waals surface area contributed by atoms with Crippen LogP contribution in [0.3, 0.4) is 0 Å². The SMILES string of the molecule is CCCCOC(=O)c1c(C)oc2cc(C)c(NS(=O)(=O)c3ccc(OC)cc3)cc12. The number of unbranched alkanes of at least 4 members (excludes halogenated alkanes) is 1. The second-order valence-corrected chi connectivity index (χ2v) is 8.65. The zero-order valence-electron chi connectivity index (χ0n) is 17.4. The first-order valence-corrected chi connectivity index (χ1v) is 11.1. The van der Waals surface area contributed by atoms with Gasteiger partial charge in [0.15, 0.2) is 0 Å². The van der Waals surface area contributed by atoms with Crippen LogP contribution in [-0.2, 0) is 14.8 Å². The molecule has 160 valence electrons. The second kappa shape index (κ2) is 8.79. The third kappa shape index (κ3) is 4.43. The van der Waals surface area contributed by atoms with Crippen molar-refractivity contribution < 1.29 is 27.1 Å². The Kier molecular flexibility index (Phi) is 6.36. The lowest BCUT2D eigenvalue weighted by atomic mass is 10.1. The first-order chi connectivity index (χ1) is 14.3. The maximum atomic E-state index is 12.8. The first-order valence-electron chi connectivity index (χ1n) is 9.64. The molecule has 0 aliphatic carbocycles. The number of furan rings is 1. The van der Waals surface area contributed by atoms with E-state index in [1.165, 1.54) is 19.2 Å². The molecule has 1 aromatic heterocycles. The topological polar surface area (TPSA) is 94.8 Å². The van der Waals surface area contributed by atoms with E-state index in [0.717, 1.165) is 12.8 Å². The van der Waals surface area contributed by atoms with Crippen molar-refractivity contribution in [1.82, 2.24) is 0 Å². The molecule has 1 N–H and O–H groups in total. The molecule has 0 spiro atoms. The standard InChI is InChI=1S/C22H25NO6S/c1-5-6-11-28-22(24)21-15(3)29-20-12-14(2)19(13-18(20)21)23-30(25,26)17-9-7-16(27-4)8-10-17/h7-10,12-13,23H,5-6,11H2,1-4H3. The van der Waals surface area contributed by atoms with Gasteiger partial charge in [0.05, 0.1) is 24.3 Å². The van der Waals surface area contributed by atoms with Gasteiger partial charge < -0.3 is 13.9 Å². The molecule has 3 rings (SSSR count). The molecule has 0 amide bonds. The van der Waals surface area contributed by atoms with Crippen LogP contribution in [0.1, 0.15) is 41.4 Å². The third-order valence-corrected chi connectivity index (χ3v) is 6.14. The maximum Gasteiger partial charge on any atom is 0.342 e. The summed E-state index contributed by atoms with van der Waals surface area (Å²) in [5.74, 6) is 0.514. The predicted molar refractivity (Wildman–Crippen MR) is 115 cm³/mol. The number of fused-ring (bicyclic) bond motifs is 1. The summed E-state index contributed by atoms with van der Waals surface area (Å²) < 4.78 is 44.3. The molecule has 3 aromatic rings. The average Bonchev–Trinajstić information content (AvgIpc) is 3.02. The van der Waals surface area contributed by atoms with Crippen molar-refractivity contribution in [3.05, 3.63) is 53.3 Å². The number of carbonyl (C=O) groups excluding carboxylic acids is 1. The lowest BCUT2D eigenvalue weighted by Crippen LogP contribution is -2.14. The molecule has 0 unspecified atom stereocenters. The highest BCUT2D eigenvalue weighted by Crippen LogP contribution is 2.32. The van der Waals surface area contributed by atoms with Gasteiger partial charge in [-0.15, -0.1) is 0 Å². The van der Waals surface area contributed by atoms with Gasteiger partial charge in [0, 0.05) is 5.39 Å². The number of ether oxygens (including phenoxy) is 2. The van der Waals surface area contributed by atoms with Crippen molar-refractivity contribution in [3.8, 4) is 5.75 Å². The average molecular weight is 432 g/mol. The lowest BCUT2D eigenvalue weighted by Gasteiger charge is -2.11. The van der Waals surface area contributed by atoms with Crippen LogP contribution in [0, 0.1) is 13.8 Å². The first kappa shape index (κ1) is 21.7. The number of hydrogen-bond donors (Lipinski definition) is 1. The van der Waals surface area contributed by atoms with Crippen LogP contribution in [0.5, 0.6) is 5.75 Å². The largest absolute Gasteiger partial charge is 0.497 e. The van der Waals surface area contributed by atoms with Crippen molar-refractivity contribution in [3.63, 3.8) is 0 Å². The van der Waals surface area contributed by atoms with Gasteiger partial charge in [0.25, 0.3) is 10.0 Å². The molecule has 0 saturated carbocycles. The number of sulfonamides is 1. The van der Waals surface area contributed by atoms with Crippen LogP contribution in [0.15, 0.2) is 45.7 Å². The molecule has 8 heteroatoms. The normalized spacial score (nSPS) is 11.5. The van der Waals surface area contributed by atoms with Crippen molar-refractivity contribution in [1.29, 1.82) is 0 Å². The van der Waals surface area contributed by atoms with Gasteiger partial charge in [-0.25, -0.2) is 13.2 Å². The van der Waals surface area contributed by atoms with Crippen molar-refractivity contribution in [2.75, 3.05) is 18.4 Å². The Morgan fingerprint density at radius 2 is 1.83 bits per heavy atom. The highest BCUT2D eigenvalue weighted by atomic mass is 32.2.